The van der Waals surface area contributed by atoms with Crippen LogP contribution in [0.1, 0.15) is 16.7 Å². The molecule has 200 valence electrons. The van der Waals surface area contributed by atoms with E-state index in [4.69, 9.17) is 44.6 Å². The van der Waals surface area contributed by atoms with E-state index in [2.05, 4.69) is 0 Å². The van der Waals surface area contributed by atoms with Gasteiger partial charge in [-0.15, -0.1) is 0 Å². The van der Waals surface area contributed by atoms with Crippen molar-refractivity contribution in [3.8, 4) is 0 Å². The molecule has 2 aromatic carbocycles. The van der Waals surface area contributed by atoms with E-state index >= 15 is 0 Å². The number of hydrogen-bond donors (Lipinski definition) is 2. The SMILES string of the molecule is NCCN1CCN2C(=C1c1cc(Cl)c(N)c(Cl)c1)c1ccc(C(F)(F)F)cc1[N+]2=O.O=C([O-])C(F)(F)F. The number of benzene rings is 2. The number of alkyl halides is 6. The number of nitrogens with two attached hydrogens (primary N) is 2. The van der Waals surface area contributed by atoms with Crippen molar-refractivity contribution in [2.24, 2.45) is 5.73 Å². The van der Waals surface area contributed by atoms with Gasteiger partial charge in [-0.1, -0.05) is 28.2 Å². The average molecular weight is 572 g/mol. The number of anilines is 1. The summed E-state index contributed by atoms with van der Waals surface area (Å²) >= 11 is 12.4. The van der Waals surface area contributed by atoms with Gasteiger partial charge in [0.05, 0.1) is 37.5 Å². The second-order valence-electron chi connectivity index (χ2n) is 7.74. The van der Waals surface area contributed by atoms with Crippen LogP contribution in [0.4, 0.5) is 37.7 Å². The molecule has 0 spiro atoms. The minimum atomic E-state index is -5.19. The van der Waals surface area contributed by atoms with Crippen molar-refractivity contribution in [2.75, 3.05) is 31.9 Å². The van der Waals surface area contributed by atoms with Gasteiger partial charge in [-0.3, -0.25) is 0 Å². The molecule has 4 rings (SSSR count). The molecule has 0 atom stereocenters. The molecule has 0 aliphatic carbocycles. The molecule has 0 radical (unpaired) electrons. The van der Waals surface area contributed by atoms with E-state index in [-0.39, 0.29) is 28.0 Å². The topological polar surface area (TPSA) is 119 Å². The third-order valence-corrected chi connectivity index (χ3v) is 5.99. The molecular weight excluding hydrogens is 555 g/mol. The quantitative estimate of drug-likeness (QED) is 0.328. The summed E-state index contributed by atoms with van der Waals surface area (Å²) in [5, 5.41) is 10.7. The largest absolute Gasteiger partial charge is 0.542 e. The monoisotopic (exact) mass is 571 g/mol. The van der Waals surface area contributed by atoms with Crippen LogP contribution in [-0.2, 0) is 11.0 Å². The van der Waals surface area contributed by atoms with Crippen LogP contribution in [-0.4, -0.2) is 53.1 Å². The molecule has 0 fully saturated rings. The number of fused-ring (bicyclic) bond motifs is 3. The predicted molar refractivity (Wildman–Crippen MR) is 121 cm³/mol. The first-order valence-electron chi connectivity index (χ1n) is 10.3. The number of nitrogens with zero attached hydrogens (tertiary/aromatic N) is 3. The molecular formula is C21H17Cl2F6N5O3. The van der Waals surface area contributed by atoms with Crippen molar-refractivity contribution >= 4 is 51.9 Å². The number of carboxylic acids is 1. The smallest absolute Gasteiger partial charge is 0.430 e. The Labute approximate surface area is 215 Å². The second kappa shape index (κ2) is 10.3. The van der Waals surface area contributed by atoms with Gasteiger partial charge in [0.2, 0.25) is 0 Å². The fourth-order valence-corrected chi connectivity index (χ4v) is 4.26. The number of rotatable bonds is 3. The molecule has 37 heavy (non-hydrogen) atoms. The Morgan fingerprint density at radius 3 is 2.08 bits per heavy atom. The zero-order valence-electron chi connectivity index (χ0n) is 18.5. The summed E-state index contributed by atoms with van der Waals surface area (Å²) in [6, 6.07) is 6.38. The molecule has 8 nitrogen and oxygen atoms in total. The lowest BCUT2D eigenvalue weighted by molar-refractivity contribution is -0.612. The van der Waals surface area contributed by atoms with Crippen LogP contribution in [0.2, 0.25) is 10.0 Å². The summed E-state index contributed by atoms with van der Waals surface area (Å²) in [6.07, 6.45) is -9.75. The summed E-state index contributed by atoms with van der Waals surface area (Å²) in [5.74, 6) is -3.01. The maximum absolute atomic E-state index is 13.2. The zero-order valence-corrected chi connectivity index (χ0v) is 20.0. The fraction of sp³-hybridized carbons (Fsp3) is 0.286. The normalized spacial score (nSPS) is 15.3. The first-order valence-corrected chi connectivity index (χ1v) is 11.0. The van der Waals surface area contributed by atoms with Crippen molar-refractivity contribution in [1.82, 2.24) is 9.91 Å². The van der Waals surface area contributed by atoms with Gasteiger partial charge >= 0.3 is 18.0 Å². The van der Waals surface area contributed by atoms with E-state index in [0.717, 1.165) is 12.1 Å². The maximum atomic E-state index is 13.2. The van der Waals surface area contributed by atoms with Crippen LogP contribution in [0.15, 0.2) is 30.3 Å². The Bertz CT molecular complexity index is 1260. The molecule has 16 heteroatoms. The molecule has 2 aliphatic heterocycles. The lowest BCUT2D eigenvalue weighted by Gasteiger charge is -2.34. The summed E-state index contributed by atoms with van der Waals surface area (Å²) in [6.45, 7) is 1.54. The van der Waals surface area contributed by atoms with Gasteiger partial charge < -0.3 is 26.3 Å². The highest BCUT2D eigenvalue weighted by molar-refractivity contribution is 6.39. The summed E-state index contributed by atoms with van der Waals surface area (Å²) in [4.78, 5) is 24.1. The number of carboxylic acid groups (broad SMARTS) is 1. The molecule has 2 heterocycles. The standard InChI is InChI=1S/C19H17Cl2F3N5O.C2HF3O2/c20-13-7-10(8-14(21)16(13)26)17-18-12-2-1-11(19(22,23)24)9-15(12)29(30)28(18)6-5-27(17)4-3-25;3-2(4,5)1(6)7/h1-2,7-9H,3-6,25-26H2;(H,6,7)/q+1;/p-1. The van der Waals surface area contributed by atoms with Crippen LogP contribution in [0.5, 0.6) is 0 Å². The van der Waals surface area contributed by atoms with Crippen LogP contribution >= 0.6 is 23.2 Å². The van der Waals surface area contributed by atoms with Gasteiger partial charge in [-0.25, -0.2) is 0 Å². The lowest BCUT2D eigenvalue weighted by Crippen LogP contribution is -2.42. The van der Waals surface area contributed by atoms with Crippen molar-refractivity contribution in [3.05, 3.63) is 62.0 Å². The number of carbonyl (C=O) groups is 1. The highest BCUT2D eigenvalue weighted by Gasteiger charge is 2.48. The number of aliphatic carboxylic acids is 1. The zero-order chi connectivity index (χ0) is 27.9. The number of halogens is 8. The molecule has 4 N–H and O–H groups in total. The number of nitrogen functional groups attached to an aromatic ring is 1. The molecule has 0 unspecified atom stereocenters. The number of hydrazine groups is 1. The molecule has 2 aliphatic rings. The first kappa shape index (κ1) is 28.3. The van der Waals surface area contributed by atoms with Crippen molar-refractivity contribution < 1.29 is 41.1 Å². The van der Waals surface area contributed by atoms with E-state index in [9.17, 15) is 31.2 Å². The molecule has 0 saturated heterocycles. The van der Waals surface area contributed by atoms with Gasteiger partial charge in [-0.05, 0) is 24.3 Å². The van der Waals surface area contributed by atoms with Gasteiger partial charge in [0.25, 0.3) is 0 Å². The molecule has 0 aromatic heterocycles. The van der Waals surface area contributed by atoms with Gasteiger partial charge in [0, 0.05) is 31.3 Å². The van der Waals surface area contributed by atoms with Crippen LogP contribution in [0.3, 0.4) is 0 Å². The minimum Gasteiger partial charge on any atom is -0.542 e. The van der Waals surface area contributed by atoms with Gasteiger partial charge in [-0.2, -0.15) is 26.3 Å². The summed E-state index contributed by atoms with van der Waals surface area (Å²) < 4.78 is 71.1. The number of nitroso groups, excluding NO2 is 1. The van der Waals surface area contributed by atoms with E-state index < -0.39 is 23.9 Å². The summed E-state index contributed by atoms with van der Waals surface area (Å²) in [7, 11) is 0. The molecule has 0 amide bonds. The van der Waals surface area contributed by atoms with E-state index in [1.165, 1.54) is 11.1 Å². The Morgan fingerprint density at radius 2 is 1.59 bits per heavy atom. The number of carbonyl (C=O) groups excluding carboxylic acids is 1. The average Bonchev–Trinajstić information content (AvgIpc) is 3.08. The molecule has 0 bridgehead atoms. The highest BCUT2D eigenvalue weighted by Crippen LogP contribution is 2.47. The van der Waals surface area contributed by atoms with Crippen molar-refractivity contribution in [2.45, 2.75) is 12.4 Å². The number of hydrogen-bond acceptors (Lipinski definition) is 6. The third-order valence-electron chi connectivity index (χ3n) is 5.37. The Kier molecular flexibility index (Phi) is 7.86. The highest BCUT2D eigenvalue weighted by atomic mass is 35.5. The van der Waals surface area contributed by atoms with E-state index in [0.29, 0.717) is 47.0 Å². The third kappa shape index (κ3) is 5.70. The second-order valence-corrected chi connectivity index (χ2v) is 8.55. The van der Waals surface area contributed by atoms with Crippen LogP contribution in [0.25, 0.3) is 11.4 Å². The molecule has 2 aromatic rings. The van der Waals surface area contributed by atoms with Crippen molar-refractivity contribution in [3.63, 3.8) is 0 Å². The van der Waals surface area contributed by atoms with Gasteiger partial charge in [0.1, 0.15) is 18.2 Å². The Hall–Kier alpha value is -3.23. The fourth-order valence-electron chi connectivity index (χ4n) is 3.78. The van der Waals surface area contributed by atoms with Crippen LogP contribution in [0, 0.1) is 4.91 Å². The molecule has 0 saturated carbocycles. The van der Waals surface area contributed by atoms with Gasteiger partial charge in [0.15, 0.2) is 4.87 Å². The first-order chi connectivity index (χ1) is 17.1. The van der Waals surface area contributed by atoms with E-state index in [1.54, 1.807) is 12.1 Å². The maximum Gasteiger partial charge on any atom is 0.430 e. The minimum absolute atomic E-state index is 0.0698. The Morgan fingerprint density at radius 1 is 1.03 bits per heavy atom. The predicted octanol–water partition coefficient (Wildman–Crippen LogP) is 3.63. The van der Waals surface area contributed by atoms with Crippen LogP contribution < -0.4 is 16.6 Å². The van der Waals surface area contributed by atoms with Crippen molar-refractivity contribution in [1.29, 1.82) is 0 Å². The lowest BCUT2D eigenvalue weighted by atomic mass is 10.00. The summed E-state index contributed by atoms with van der Waals surface area (Å²) in [5.41, 5.74) is 12.9. The Balaban J connectivity index is 0.000000479. The van der Waals surface area contributed by atoms with E-state index in [1.807, 2.05) is 4.90 Å².